The van der Waals surface area contributed by atoms with Crippen molar-refractivity contribution in [1.29, 1.82) is 0 Å². The summed E-state index contributed by atoms with van der Waals surface area (Å²) in [6.45, 7) is 4.46. The van der Waals surface area contributed by atoms with Gasteiger partial charge in [-0.2, -0.15) is 0 Å². The fourth-order valence-corrected chi connectivity index (χ4v) is 4.53. The lowest BCUT2D eigenvalue weighted by atomic mass is 9.84. The maximum Gasteiger partial charge on any atom is 0.0732 e. The van der Waals surface area contributed by atoms with Crippen LogP contribution in [0.15, 0.2) is 9.85 Å². The zero-order valence-corrected chi connectivity index (χ0v) is 12.3. The molecule has 1 atom stereocenters. The summed E-state index contributed by atoms with van der Waals surface area (Å²) < 4.78 is 1.23. The number of aryl methyl sites for hydroxylation is 1. The monoisotopic (exact) mass is 306 g/mol. The van der Waals surface area contributed by atoms with E-state index >= 15 is 0 Å². The molecular weight excluding hydrogens is 292 g/mol. The number of hydrogen-bond acceptors (Lipinski definition) is 1. The van der Waals surface area contributed by atoms with Crippen LogP contribution in [-0.4, -0.2) is 0 Å². The lowest BCUT2D eigenvalue weighted by Gasteiger charge is -2.28. The Morgan fingerprint density at radius 3 is 2.53 bits per heavy atom. The van der Waals surface area contributed by atoms with Gasteiger partial charge in [0.15, 0.2) is 0 Å². The van der Waals surface area contributed by atoms with E-state index in [0.29, 0.717) is 5.41 Å². The summed E-state index contributed by atoms with van der Waals surface area (Å²) in [6.07, 6.45) is 5.22. The Balaban J connectivity index is 2.23. The first-order valence-corrected chi connectivity index (χ1v) is 7.47. The molecule has 3 heteroatoms. The molecule has 0 aliphatic heterocycles. The number of halogens is 2. The number of rotatable bonds is 2. The van der Waals surface area contributed by atoms with Gasteiger partial charge in [0.2, 0.25) is 0 Å². The van der Waals surface area contributed by atoms with Gasteiger partial charge >= 0.3 is 0 Å². The first-order chi connectivity index (χ1) is 7.03. The third kappa shape index (κ3) is 2.27. The van der Waals surface area contributed by atoms with E-state index in [1.165, 1.54) is 39.9 Å². The highest BCUT2D eigenvalue weighted by Gasteiger charge is 2.37. The topological polar surface area (TPSA) is 0 Å². The highest BCUT2D eigenvalue weighted by atomic mass is 79.9. The van der Waals surface area contributed by atoms with Crippen LogP contribution in [0.1, 0.15) is 48.4 Å². The molecule has 1 fully saturated rings. The molecular formula is C12H16BrClS. The van der Waals surface area contributed by atoms with E-state index in [9.17, 15) is 0 Å². The molecule has 0 bridgehead atoms. The lowest BCUT2D eigenvalue weighted by Crippen LogP contribution is -2.17. The van der Waals surface area contributed by atoms with Gasteiger partial charge in [-0.25, -0.2) is 0 Å². The number of hydrogen-bond donors (Lipinski definition) is 0. The molecule has 1 aromatic rings. The summed E-state index contributed by atoms with van der Waals surface area (Å²) in [7, 11) is 0. The van der Waals surface area contributed by atoms with E-state index in [2.05, 4.69) is 35.8 Å². The van der Waals surface area contributed by atoms with Crippen LogP contribution in [0, 0.1) is 12.3 Å². The second-order valence-corrected chi connectivity index (χ2v) is 7.67. The minimum Gasteiger partial charge on any atom is -0.131 e. The summed E-state index contributed by atoms with van der Waals surface area (Å²) in [4.78, 5) is 1.32. The van der Waals surface area contributed by atoms with Crippen LogP contribution in [0.5, 0.6) is 0 Å². The highest BCUT2D eigenvalue weighted by molar-refractivity contribution is 9.11. The molecule has 1 aliphatic rings. The van der Waals surface area contributed by atoms with E-state index in [4.69, 9.17) is 11.6 Å². The normalized spacial score (nSPS) is 21.9. The van der Waals surface area contributed by atoms with E-state index in [0.717, 1.165) is 0 Å². The zero-order chi connectivity index (χ0) is 11.1. The summed E-state index contributed by atoms with van der Waals surface area (Å²) in [5, 5.41) is 0.190. The van der Waals surface area contributed by atoms with Crippen LogP contribution >= 0.6 is 38.9 Å². The molecule has 15 heavy (non-hydrogen) atoms. The first kappa shape index (κ1) is 11.9. The molecule has 1 aliphatic carbocycles. The SMILES string of the molecule is Cc1cc(C(Cl)C2(C)CCCC2)sc1Br. The standard InChI is InChI=1S/C12H16BrClS/c1-8-7-9(15-11(8)13)10(14)12(2)5-3-4-6-12/h7,10H,3-6H2,1-2H3. The molecule has 0 radical (unpaired) electrons. The molecule has 0 saturated heterocycles. The Kier molecular flexibility index (Phi) is 3.49. The Bertz CT molecular complexity index is 333. The molecule has 0 spiro atoms. The van der Waals surface area contributed by atoms with Gasteiger partial charge in [-0.3, -0.25) is 0 Å². The van der Waals surface area contributed by atoms with Crippen molar-refractivity contribution in [3.05, 3.63) is 20.3 Å². The summed E-state index contributed by atoms with van der Waals surface area (Å²) in [5.41, 5.74) is 1.63. The molecule has 84 valence electrons. The molecule has 1 unspecified atom stereocenters. The quantitative estimate of drug-likeness (QED) is 0.617. The van der Waals surface area contributed by atoms with Crippen LogP contribution in [0.25, 0.3) is 0 Å². The Morgan fingerprint density at radius 1 is 1.47 bits per heavy atom. The van der Waals surface area contributed by atoms with Gasteiger partial charge in [-0.15, -0.1) is 22.9 Å². The van der Waals surface area contributed by atoms with E-state index in [1.807, 2.05) is 0 Å². The van der Waals surface area contributed by atoms with Gasteiger partial charge in [-0.05, 0) is 52.7 Å². The van der Waals surface area contributed by atoms with Crippen LogP contribution in [0.3, 0.4) is 0 Å². The predicted octanol–water partition coefficient (Wildman–Crippen LogP) is 5.68. The van der Waals surface area contributed by atoms with Crippen molar-refractivity contribution < 1.29 is 0 Å². The summed E-state index contributed by atoms with van der Waals surface area (Å²) >= 11 is 12.0. The summed E-state index contributed by atoms with van der Waals surface area (Å²) in [6, 6.07) is 2.23. The fourth-order valence-electron chi connectivity index (χ4n) is 2.39. The Labute approximate surface area is 109 Å². The van der Waals surface area contributed by atoms with Gasteiger partial charge in [-0.1, -0.05) is 19.8 Å². The largest absolute Gasteiger partial charge is 0.131 e. The van der Waals surface area contributed by atoms with Crippen LogP contribution in [-0.2, 0) is 0 Å². The maximum atomic E-state index is 6.63. The van der Waals surface area contributed by atoms with Crippen molar-refractivity contribution >= 4 is 38.9 Å². The highest BCUT2D eigenvalue weighted by Crippen LogP contribution is 2.52. The lowest BCUT2D eigenvalue weighted by molar-refractivity contribution is 0.324. The third-order valence-corrected chi connectivity index (χ3v) is 6.58. The average Bonchev–Trinajstić information content (AvgIpc) is 2.75. The molecule has 0 aromatic carbocycles. The second kappa shape index (κ2) is 4.38. The molecule has 1 heterocycles. The smallest absolute Gasteiger partial charge is 0.0732 e. The van der Waals surface area contributed by atoms with Crippen molar-refractivity contribution in [3.63, 3.8) is 0 Å². The Hall–Kier alpha value is 0.470. The molecule has 0 N–H and O–H groups in total. The molecule has 1 saturated carbocycles. The first-order valence-electron chi connectivity index (χ1n) is 5.43. The van der Waals surface area contributed by atoms with Crippen molar-refractivity contribution in [2.75, 3.05) is 0 Å². The second-order valence-electron chi connectivity index (χ2n) is 4.83. The van der Waals surface area contributed by atoms with Gasteiger partial charge in [0.05, 0.1) is 9.16 Å². The average molecular weight is 308 g/mol. The fraction of sp³-hybridized carbons (Fsp3) is 0.667. The maximum absolute atomic E-state index is 6.63. The van der Waals surface area contributed by atoms with Crippen LogP contribution in [0.2, 0.25) is 0 Å². The zero-order valence-electron chi connectivity index (χ0n) is 9.15. The molecule has 2 rings (SSSR count). The minimum absolute atomic E-state index is 0.190. The van der Waals surface area contributed by atoms with E-state index < -0.39 is 0 Å². The predicted molar refractivity (Wildman–Crippen MR) is 71.9 cm³/mol. The van der Waals surface area contributed by atoms with Crippen molar-refractivity contribution in [2.24, 2.45) is 5.41 Å². The van der Waals surface area contributed by atoms with Crippen molar-refractivity contribution in [3.8, 4) is 0 Å². The molecule has 1 aromatic heterocycles. The Morgan fingerprint density at radius 2 is 2.07 bits per heavy atom. The number of thiophene rings is 1. The van der Waals surface area contributed by atoms with Crippen molar-refractivity contribution in [2.45, 2.75) is 44.9 Å². The van der Waals surface area contributed by atoms with Crippen LogP contribution in [0.4, 0.5) is 0 Å². The molecule has 0 amide bonds. The van der Waals surface area contributed by atoms with Gasteiger partial charge in [0.25, 0.3) is 0 Å². The number of alkyl halides is 1. The van der Waals surface area contributed by atoms with E-state index in [-0.39, 0.29) is 5.38 Å². The molecule has 0 nitrogen and oxygen atoms in total. The summed E-state index contributed by atoms with van der Waals surface area (Å²) in [5.74, 6) is 0. The van der Waals surface area contributed by atoms with Gasteiger partial charge in [0, 0.05) is 4.88 Å². The minimum atomic E-state index is 0.190. The van der Waals surface area contributed by atoms with Crippen molar-refractivity contribution in [1.82, 2.24) is 0 Å². The third-order valence-electron chi connectivity index (χ3n) is 3.48. The van der Waals surface area contributed by atoms with Gasteiger partial charge in [0.1, 0.15) is 0 Å². The van der Waals surface area contributed by atoms with Crippen LogP contribution < -0.4 is 0 Å². The van der Waals surface area contributed by atoms with E-state index in [1.54, 1.807) is 11.3 Å². The van der Waals surface area contributed by atoms with Gasteiger partial charge < -0.3 is 0 Å².